The summed E-state index contributed by atoms with van der Waals surface area (Å²) in [6.45, 7) is 4.57. The molecule has 0 unspecified atom stereocenters. The van der Waals surface area contributed by atoms with E-state index in [1.807, 2.05) is 0 Å². The molecule has 0 aliphatic carbocycles. The molecular formula is C16H15ClN2O6. The third-order valence-corrected chi connectivity index (χ3v) is 3.51. The first kappa shape index (κ1) is 20.1. The van der Waals surface area contributed by atoms with Gasteiger partial charge in [0.1, 0.15) is 11.6 Å². The van der Waals surface area contributed by atoms with E-state index in [9.17, 15) is 30.1 Å². The van der Waals surface area contributed by atoms with Crippen LogP contribution in [0.15, 0.2) is 17.7 Å². The number of rotatable bonds is 4. The second-order valence-electron chi connectivity index (χ2n) is 6.01. The van der Waals surface area contributed by atoms with Gasteiger partial charge in [-0.3, -0.25) is 14.9 Å². The van der Waals surface area contributed by atoms with Crippen molar-refractivity contribution in [2.45, 2.75) is 20.8 Å². The van der Waals surface area contributed by atoms with Crippen molar-refractivity contribution in [2.24, 2.45) is 5.41 Å². The first-order chi connectivity index (χ1) is 11.4. The molecule has 0 aromatic heterocycles. The monoisotopic (exact) mass is 366 g/mol. The number of aliphatic hydroxyl groups excluding tert-OH is 1. The number of nitrogens with zero attached hydrogens (tertiary/aromatic N) is 2. The summed E-state index contributed by atoms with van der Waals surface area (Å²) in [4.78, 5) is 34.4. The first-order valence-electron chi connectivity index (χ1n) is 6.90. The van der Waals surface area contributed by atoms with Gasteiger partial charge in [-0.05, 0) is 6.07 Å². The summed E-state index contributed by atoms with van der Waals surface area (Å²) in [6.07, 6.45) is 0. The van der Waals surface area contributed by atoms with Crippen LogP contribution < -0.4 is 0 Å². The summed E-state index contributed by atoms with van der Waals surface area (Å²) in [7, 11) is 1.08. The van der Waals surface area contributed by atoms with Gasteiger partial charge in [-0.2, -0.15) is 5.26 Å². The number of ketones is 1. The third-order valence-electron chi connectivity index (χ3n) is 3.20. The van der Waals surface area contributed by atoms with Gasteiger partial charge in [-0.1, -0.05) is 32.4 Å². The molecule has 132 valence electrons. The first-order valence-corrected chi connectivity index (χ1v) is 7.28. The van der Waals surface area contributed by atoms with Gasteiger partial charge in [0.25, 0.3) is 5.69 Å². The molecule has 0 saturated heterocycles. The standard InChI is InChI=1S/C16H15ClN2O6/c1-16(2,3)14(21)10(7-18)13(20)9-5-8(15(22)25-4)11(17)6-12(9)19(23)24/h5-6,20H,1-4H3. The maximum atomic E-state index is 12.3. The van der Waals surface area contributed by atoms with Crippen LogP contribution in [0.4, 0.5) is 5.69 Å². The Morgan fingerprint density at radius 2 is 1.88 bits per heavy atom. The Labute approximate surface area is 148 Å². The molecule has 0 radical (unpaired) electrons. The summed E-state index contributed by atoms with van der Waals surface area (Å²) in [5.41, 5.74) is -3.06. The van der Waals surface area contributed by atoms with Crippen molar-refractivity contribution in [2.75, 3.05) is 7.11 Å². The number of aliphatic hydroxyl groups is 1. The lowest BCUT2D eigenvalue weighted by Crippen LogP contribution is -2.22. The predicted octanol–water partition coefficient (Wildman–Crippen LogP) is 3.44. The Balaban J connectivity index is 3.81. The molecule has 0 amide bonds. The number of benzene rings is 1. The molecule has 8 nitrogen and oxygen atoms in total. The van der Waals surface area contributed by atoms with Crippen molar-refractivity contribution in [3.8, 4) is 6.07 Å². The zero-order valence-corrected chi connectivity index (χ0v) is 14.7. The minimum absolute atomic E-state index is 0.253. The van der Waals surface area contributed by atoms with Gasteiger partial charge >= 0.3 is 5.97 Å². The Morgan fingerprint density at radius 3 is 2.28 bits per heavy atom. The van der Waals surface area contributed by atoms with Gasteiger partial charge in [-0.15, -0.1) is 0 Å². The molecule has 1 rings (SSSR count). The molecule has 1 N–H and O–H groups in total. The van der Waals surface area contributed by atoms with Crippen LogP contribution >= 0.6 is 11.6 Å². The fourth-order valence-corrected chi connectivity index (χ4v) is 2.13. The second kappa shape index (κ2) is 7.32. The van der Waals surface area contributed by atoms with E-state index in [-0.39, 0.29) is 10.6 Å². The van der Waals surface area contributed by atoms with Gasteiger partial charge in [-0.25, -0.2) is 4.79 Å². The molecule has 0 saturated carbocycles. The predicted molar refractivity (Wildman–Crippen MR) is 89.1 cm³/mol. The van der Waals surface area contributed by atoms with E-state index in [0.717, 1.165) is 19.2 Å². The molecule has 25 heavy (non-hydrogen) atoms. The molecular weight excluding hydrogens is 352 g/mol. The van der Waals surface area contributed by atoms with Crippen molar-refractivity contribution < 1.29 is 24.4 Å². The molecule has 0 spiro atoms. The molecule has 0 atom stereocenters. The fourth-order valence-electron chi connectivity index (χ4n) is 1.89. The van der Waals surface area contributed by atoms with Gasteiger partial charge in [0.2, 0.25) is 0 Å². The van der Waals surface area contributed by atoms with Crippen LogP contribution in [0.1, 0.15) is 36.7 Å². The molecule has 1 aromatic rings. The van der Waals surface area contributed by atoms with Crippen LogP contribution in [0.3, 0.4) is 0 Å². The van der Waals surface area contributed by atoms with Crippen molar-refractivity contribution >= 4 is 34.8 Å². The molecule has 0 bridgehead atoms. The van der Waals surface area contributed by atoms with E-state index in [1.54, 1.807) is 6.07 Å². The van der Waals surface area contributed by atoms with Crippen molar-refractivity contribution in [3.63, 3.8) is 0 Å². The lowest BCUT2D eigenvalue weighted by molar-refractivity contribution is -0.385. The van der Waals surface area contributed by atoms with Gasteiger partial charge in [0.15, 0.2) is 11.5 Å². The van der Waals surface area contributed by atoms with E-state index in [4.69, 9.17) is 11.6 Å². The average molecular weight is 367 g/mol. The van der Waals surface area contributed by atoms with Crippen LogP contribution in [-0.4, -0.2) is 28.9 Å². The number of ether oxygens (including phenoxy) is 1. The number of hydrogen-bond acceptors (Lipinski definition) is 7. The zero-order valence-electron chi connectivity index (χ0n) is 13.9. The van der Waals surface area contributed by atoms with Crippen LogP contribution in [0.2, 0.25) is 5.02 Å². The number of esters is 1. The highest BCUT2D eigenvalue weighted by molar-refractivity contribution is 6.34. The summed E-state index contributed by atoms with van der Waals surface area (Å²) >= 11 is 5.84. The normalized spacial score (nSPS) is 12.0. The second-order valence-corrected chi connectivity index (χ2v) is 6.42. The molecule has 1 aromatic carbocycles. The summed E-state index contributed by atoms with van der Waals surface area (Å²) < 4.78 is 4.52. The van der Waals surface area contributed by atoms with Crippen LogP contribution in [0, 0.1) is 26.9 Å². The summed E-state index contributed by atoms with van der Waals surface area (Å²) in [5.74, 6) is -2.51. The van der Waals surface area contributed by atoms with E-state index < -0.39 is 44.7 Å². The Kier molecular flexibility index (Phi) is 5.89. The smallest absolute Gasteiger partial charge is 0.339 e. The summed E-state index contributed by atoms with van der Waals surface area (Å²) in [6, 6.07) is 3.31. The molecule has 0 aliphatic heterocycles. The number of allylic oxidation sites excluding steroid dienone is 1. The molecule has 0 heterocycles. The minimum Gasteiger partial charge on any atom is -0.506 e. The van der Waals surface area contributed by atoms with E-state index in [2.05, 4.69) is 4.74 Å². The fraction of sp³-hybridized carbons (Fsp3) is 0.312. The molecule has 0 fully saturated rings. The van der Waals surface area contributed by atoms with Gasteiger partial charge in [0.05, 0.1) is 28.2 Å². The molecule has 0 aliphatic rings. The van der Waals surface area contributed by atoms with Crippen molar-refractivity contribution in [3.05, 3.63) is 44.0 Å². The zero-order chi connectivity index (χ0) is 19.5. The van der Waals surface area contributed by atoms with Crippen LogP contribution in [0.5, 0.6) is 0 Å². The van der Waals surface area contributed by atoms with Crippen LogP contribution in [-0.2, 0) is 9.53 Å². The Hall–Kier alpha value is -2.92. The maximum absolute atomic E-state index is 12.3. The number of methoxy groups -OCH3 is 1. The highest BCUT2D eigenvalue weighted by Crippen LogP contribution is 2.34. The maximum Gasteiger partial charge on any atom is 0.339 e. The lowest BCUT2D eigenvalue weighted by atomic mass is 9.85. The quantitative estimate of drug-likeness (QED) is 0.215. The molecule has 9 heteroatoms. The number of nitro benzene ring substituents is 1. The highest BCUT2D eigenvalue weighted by atomic mass is 35.5. The lowest BCUT2D eigenvalue weighted by Gasteiger charge is -2.16. The van der Waals surface area contributed by atoms with Crippen molar-refractivity contribution in [1.29, 1.82) is 5.26 Å². The largest absolute Gasteiger partial charge is 0.506 e. The summed E-state index contributed by atoms with van der Waals surface area (Å²) in [5, 5.41) is 30.5. The number of carbonyl (C=O) groups excluding carboxylic acids is 2. The van der Waals surface area contributed by atoms with E-state index in [0.29, 0.717) is 0 Å². The van der Waals surface area contributed by atoms with E-state index >= 15 is 0 Å². The minimum atomic E-state index is -1.01. The van der Waals surface area contributed by atoms with Crippen molar-refractivity contribution in [1.82, 2.24) is 0 Å². The van der Waals surface area contributed by atoms with Gasteiger partial charge in [0, 0.05) is 11.5 Å². The number of carbonyl (C=O) groups is 2. The average Bonchev–Trinajstić information content (AvgIpc) is 2.53. The van der Waals surface area contributed by atoms with Gasteiger partial charge < -0.3 is 9.84 Å². The van der Waals surface area contributed by atoms with Crippen LogP contribution in [0.25, 0.3) is 5.76 Å². The van der Waals surface area contributed by atoms with E-state index in [1.165, 1.54) is 20.8 Å². The topological polar surface area (TPSA) is 131 Å². The number of hydrogen-bond donors (Lipinski definition) is 1. The third kappa shape index (κ3) is 4.14. The Bertz CT molecular complexity index is 830. The number of nitriles is 1. The number of Topliss-reactive ketones (excluding diaryl/α,β-unsaturated/α-hetero) is 1. The Morgan fingerprint density at radius 1 is 1.32 bits per heavy atom. The number of halogens is 1. The SMILES string of the molecule is COC(=O)c1cc(C(O)=C(C#N)C(=O)C(C)(C)C)c([N+](=O)[O-])cc1Cl. The number of nitro groups is 1. The highest BCUT2D eigenvalue weighted by Gasteiger charge is 2.31.